The first-order valence-corrected chi connectivity index (χ1v) is 5.49. The van der Waals surface area contributed by atoms with Crippen molar-refractivity contribution in [2.24, 2.45) is 0 Å². The summed E-state index contributed by atoms with van der Waals surface area (Å²) in [4.78, 5) is 11.2. The molecule has 0 saturated carbocycles. The van der Waals surface area contributed by atoms with E-state index in [9.17, 15) is 4.79 Å². The fourth-order valence-electron chi connectivity index (χ4n) is 0.968. The Labute approximate surface area is 79.6 Å². The highest BCUT2D eigenvalue weighted by atomic mass is 32.2. The predicted molar refractivity (Wildman–Crippen MR) is 52.5 cm³/mol. The number of hydrogen-bond acceptors (Lipinski definition) is 3. The summed E-state index contributed by atoms with van der Waals surface area (Å²) in [7, 11) is 0. The summed E-state index contributed by atoms with van der Waals surface area (Å²) in [6.07, 6.45) is 1.96. The smallest absolute Gasteiger partial charge is 0.346 e. The second-order valence-electron chi connectivity index (χ2n) is 2.48. The van der Waals surface area contributed by atoms with Crippen molar-refractivity contribution in [3.8, 4) is 0 Å². The highest BCUT2D eigenvalue weighted by Crippen LogP contribution is 2.33. The average molecular weight is 202 g/mol. The maximum absolute atomic E-state index is 10.7. The second kappa shape index (κ2) is 3.49. The summed E-state index contributed by atoms with van der Waals surface area (Å²) in [5.41, 5.74) is 2.00. The molecule has 1 rings (SSSR count). The molecule has 0 radical (unpaired) electrons. The standard InChI is InChI=1S/C8H10O2S2/c1-4-5(2)8(11-3)12-6(4)7(9)10/h1-3H3,(H,9,10). The molecule has 12 heavy (non-hydrogen) atoms. The number of carboxylic acids is 1. The summed E-state index contributed by atoms with van der Waals surface area (Å²) in [5, 5.41) is 8.80. The van der Waals surface area contributed by atoms with Crippen LogP contribution in [-0.2, 0) is 0 Å². The number of hydrogen-bond donors (Lipinski definition) is 1. The van der Waals surface area contributed by atoms with Gasteiger partial charge < -0.3 is 5.11 Å². The van der Waals surface area contributed by atoms with E-state index in [1.807, 2.05) is 20.1 Å². The lowest BCUT2D eigenvalue weighted by atomic mass is 10.2. The van der Waals surface area contributed by atoms with E-state index >= 15 is 0 Å². The van der Waals surface area contributed by atoms with Gasteiger partial charge in [-0.3, -0.25) is 0 Å². The van der Waals surface area contributed by atoms with Crippen LogP contribution in [-0.4, -0.2) is 17.3 Å². The Morgan fingerprint density at radius 2 is 2.00 bits per heavy atom. The van der Waals surface area contributed by atoms with E-state index in [1.54, 1.807) is 11.8 Å². The third kappa shape index (κ3) is 1.49. The molecule has 0 saturated heterocycles. The van der Waals surface area contributed by atoms with Gasteiger partial charge in [-0.1, -0.05) is 0 Å². The van der Waals surface area contributed by atoms with Crippen molar-refractivity contribution in [3.63, 3.8) is 0 Å². The molecule has 4 heteroatoms. The highest BCUT2D eigenvalue weighted by molar-refractivity contribution is 8.00. The third-order valence-electron chi connectivity index (χ3n) is 1.78. The molecule has 0 unspecified atom stereocenters. The molecule has 2 nitrogen and oxygen atoms in total. The van der Waals surface area contributed by atoms with Crippen molar-refractivity contribution < 1.29 is 9.90 Å². The van der Waals surface area contributed by atoms with Crippen molar-refractivity contribution in [1.29, 1.82) is 0 Å². The predicted octanol–water partition coefficient (Wildman–Crippen LogP) is 2.79. The van der Waals surface area contributed by atoms with Gasteiger partial charge in [0, 0.05) is 0 Å². The van der Waals surface area contributed by atoms with E-state index in [1.165, 1.54) is 11.3 Å². The van der Waals surface area contributed by atoms with Gasteiger partial charge in [-0.25, -0.2) is 4.79 Å². The van der Waals surface area contributed by atoms with Crippen LogP contribution in [0, 0.1) is 13.8 Å². The van der Waals surface area contributed by atoms with Crippen LogP contribution in [0.15, 0.2) is 4.21 Å². The molecule has 0 fully saturated rings. The molecule has 1 aromatic heterocycles. The molecular formula is C8H10O2S2. The van der Waals surface area contributed by atoms with Gasteiger partial charge in [-0.05, 0) is 31.2 Å². The van der Waals surface area contributed by atoms with Crippen molar-refractivity contribution in [2.75, 3.05) is 6.26 Å². The molecular weight excluding hydrogens is 192 g/mol. The third-order valence-corrected chi connectivity index (χ3v) is 4.39. The molecule has 0 aliphatic carbocycles. The van der Waals surface area contributed by atoms with Gasteiger partial charge in [0.15, 0.2) is 0 Å². The summed E-state index contributed by atoms with van der Waals surface area (Å²) < 4.78 is 1.10. The van der Waals surface area contributed by atoms with Crippen molar-refractivity contribution in [3.05, 3.63) is 16.0 Å². The fourth-order valence-corrected chi connectivity index (χ4v) is 2.90. The number of thioether (sulfide) groups is 1. The lowest BCUT2D eigenvalue weighted by Crippen LogP contribution is -1.94. The minimum absolute atomic E-state index is 0.469. The summed E-state index contributed by atoms with van der Waals surface area (Å²) >= 11 is 2.96. The Hall–Kier alpha value is -0.480. The van der Waals surface area contributed by atoms with Gasteiger partial charge in [0.2, 0.25) is 0 Å². The SMILES string of the molecule is CSc1sc(C(=O)O)c(C)c1C. The van der Waals surface area contributed by atoms with Gasteiger partial charge in [0.25, 0.3) is 0 Å². The minimum atomic E-state index is -0.819. The first-order chi connectivity index (χ1) is 5.57. The molecule has 0 atom stereocenters. The molecule has 1 heterocycles. The van der Waals surface area contributed by atoms with Gasteiger partial charge in [0.05, 0.1) is 4.21 Å². The second-order valence-corrected chi connectivity index (χ2v) is 4.57. The Bertz CT molecular complexity index is 315. The van der Waals surface area contributed by atoms with Crippen LogP contribution in [0.25, 0.3) is 0 Å². The molecule has 0 aliphatic heterocycles. The summed E-state index contributed by atoms with van der Waals surface area (Å²) in [6.45, 7) is 3.82. The summed E-state index contributed by atoms with van der Waals surface area (Å²) in [5.74, 6) is -0.819. The molecule has 0 spiro atoms. The normalized spacial score (nSPS) is 10.2. The topological polar surface area (TPSA) is 37.3 Å². The molecule has 0 bridgehead atoms. The maximum atomic E-state index is 10.7. The molecule has 66 valence electrons. The van der Waals surface area contributed by atoms with Gasteiger partial charge >= 0.3 is 5.97 Å². The average Bonchev–Trinajstić information content (AvgIpc) is 2.30. The Morgan fingerprint density at radius 3 is 2.25 bits per heavy atom. The molecule has 0 amide bonds. The zero-order valence-electron chi connectivity index (χ0n) is 7.17. The quantitative estimate of drug-likeness (QED) is 0.749. The Kier molecular flexibility index (Phi) is 2.80. The minimum Gasteiger partial charge on any atom is -0.477 e. The van der Waals surface area contributed by atoms with Crippen LogP contribution >= 0.6 is 23.1 Å². The van der Waals surface area contributed by atoms with E-state index in [2.05, 4.69) is 0 Å². The first-order valence-electron chi connectivity index (χ1n) is 3.45. The zero-order valence-corrected chi connectivity index (χ0v) is 8.80. The van der Waals surface area contributed by atoms with Crippen LogP contribution in [0.2, 0.25) is 0 Å². The van der Waals surface area contributed by atoms with Crippen molar-refractivity contribution in [2.45, 2.75) is 18.1 Å². The monoisotopic (exact) mass is 202 g/mol. The molecule has 1 N–H and O–H groups in total. The van der Waals surface area contributed by atoms with Crippen LogP contribution in [0.3, 0.4) is 0 Å². The number of rotatable bonds is 2. The van der Waals surface area contributed by atoms with Crippen molar-refractivity contribution in [1.82, 2.24) is 0 Å². The van der Waals surface area contributed by atoms with E-state index in [0.29, 0.717) is 4.88 Å². The van der Waals surface area contributed by atoms with E-state index in [0.717, 1.165) is 15.3 Å². The lowest BCUT2D eigenvalue weighted by molar-refractivity contribution is 0.0701. The van der Waals surface area contributed by atoms with Gasteiger partial charge in [-0.2, -0.15) is 0 Å². The van der Waals surface area contributed by atoms with E-state index in [4.69, 9.17) is 5.11 Å². The largest absolute Gasteiger partial charge is 0.477 e. The van der Waals surface area contributed by atoms with Gasteiger partial charge in [0.1, 0.15) is 4.88 Å². The number of thiophene rings is 1. The summed E-state index contributed by atoms with van der Waals surface area (Å²) in [6, 6.07) is 0. The van der Waals surface area contributed by atoms with Crippen LogP contribution in [0.4, 0.5) is 0 Å². The Balaban J connectivity index is 3.25. The van der Waals surface area contributed by atoms with Gasteiger partial charge in [-0.15, -0.1) is 23.1 Å². The van der Waals surface area contributed by atoms with Crippen LogP contribution in [0.5, 0.6) is 0 Å². The van der Waals surface area contributed by atoms with Crippen molar-refractivity contribution >= 4 is 29.1 Å². The van der Waals surface area contributed by atoms with E-state index in [-0.39, 0.29) is 0 Å². The lowest BCUT2D eigenvalue weighted by Gasteiger charge is -1.92. The molecule has 0 aliphatic rings. The maximum Gasteiger partial charge on any atom is 0.346 e. The first kappa shape index (κ1) is 9.61. The molecule has 0 aromatic carbocycles. The highest BCUT2D eigenvalue weighted by Gasteiger charge is 2.15. The number of carbonyl (C=O) groups is 1. The van der Waals surface area contributed by atoms with Crippen LogP contribution in [0.1, 0.15) is 20.8 Å². The van der Waals surface area contributed by atoms with E-state index < -0.39 is 5.97 Å². The number of aromatic carboxylic acids is 1. The molecule has 1 aromatic rings. The number of carboxylic acid groups (broad SMARTS) is 1. The zero-order chi connectivity index (χ0) is 9.30. The Morgan fingerprint density at radius 1 is 1.42 bits per heavy atom. The van der Waals surface area contributed by atoms with Crippen LogP contribution < -0.4 is 0 Å². The fraction of sp³-hybridized carbons (Fsp3) is 0.375.